The molecule has 1 aromatic carbocycles. The number of hydrogen-bond donors (Lipinski definition) is 1. The van der Waals surface area contributed by atoms with Crippen molar-refractivity contribution >= 4 is 33.2 Å². The van der Waals surface area contributed by atoms with Crippen LogP contribution in [0.5, 0.6) is 0 Å². The average molecular weight is 328 g/mol. The van der Waals surface area contributed by atoms with E-state index in [2.05, 4.69) is 21.2 Å². The first-order valence-corrected chi connectivity index (χ1v) is 7.06. The lowest BCUT2D eigenvalue weighted by Crippen LogP contribution is -2.22. The molecule has 0 saturated heterocycles. The zero-order chi connectivity index (χ0) is 13.1. The van der Waals surface area contributed by atoms with Crippen molar-refractivity contribution in [1.29, 1.82) is 0 Å². The van der Waals surface area contributed by atoms with Crippen molar-refractivity contribution in [3.05, 3.63) is 55.9 Å². The molecule has 0 spiro atoms. The number of carbonyl (C=O) groups excluding carboxylic acids is 1. The molecule has 5 heteroatoms. The van der Waals surface area contributed by atoms with Crippen LogP contribution < -0.4 is 5.32 Å². The van der Waals surface area contributed by atoms with Crippen LogP contribution in [0.1, 0.15) is 21.5 Å². The van der Waals surface area contributed by atoms with Crippen LogP contribution >= 0.6 is 27.3 Å². The summed E-state index contributed by atoms with van der Waals surface area (Å²) in [6.45, 7) is 2.46. The van der Waals surface area contributed by atoms with Crippen molar-refractivity contribution in [2.75, 3.05) is 0 Å². The standard InChI is InChI=1S/C13H11BrFNOS/c1-8-6-18-7-10(8)5-16-13(17)9-2-3-11(14)12(15)4-9/h2-4,6-7H,5H2,1H3,(H,16,17). The molecule has 2 nitrogen and oxygen atoms in total. The summed E-state index contributed by atoms with van der Waals surface area (Å²) in [5, 5.41) is 6.80. The van der Waals surface area contributed by atoms with Gasteiger partial charge < -0.3 is 5.32 Å². The van der Waals surface area contributed by atoms with E-state index >= 15 is 0 Å². The highest BCUT2D eigenvalue weighted by atomic mass is 79.9. The van der Waals surface area contributed by atoms with Crippen LogP contribution in [0, 0.1) is 12.7 Å². The second-order valence-electron chi connectivity index (χ2n) is 3.89. The number of thiophene rings is 1. The Hall–Kier alpha value is -1.20. The van der Waals surface area contributed by atoms with E-state index in [1.165, 1.54) is 12.1 Å². The fourth-order valence-corrected chi connectivity index (χ4v) is 2.59. The largest absolute Gasteiger partial charge is 0.348 e. The van der Waals surface area contributed by atoms with Gasteiger partial charge in [-0.1, -0.05) is 0 Å². The van der Waals surface area contributed by atoms with Crippen LogP contribution in [0.4, 0.5) is 4.39 Å². The first-order valence-electron chi connectivity index (χ1n) is 5.33. The molecular weight excluding hydrogens is 317 g/mol. The summed E-state index contributed by atoms with van der Waals surface area (Å²) in [7, 11) is 0. The van der Waals surface area contributed by atoms with E-state index in [-0.39, 0.29) is 5.91 Å². The number of hydrogen-bond acceptors (Lipinski definition) is 2. The minimum absolute atomic E-state index is 0.271. The van der Waals surface area contributed by atoms with Crippen molar-refractivity contribution in [3.8, 4) is 0 Å². The van der Waals surface area contributed by atoms with Gasteiger partial charge in [0.2, 0.25) is 0 Å². The molecule has 1 amide bonds. The molecule has 0 unspecified atom stereocenters. The lowest BCUT2D eigenvalue weighted by Gasteiger charge is -2.05. The number of nitrogens with one attached hydrogen (secondary N) is 1. The van der Waals surface area contributed by atoms with Crippen LogP contribution in [-0.2, 0) is 6.54 Å². The topological polar surface area (TPSA) is 29.1 Å². The van der Waals surface area contributed by atoms with Gasteiger partial charge in [-0.3, -0.25) is 4.79 Å². The quantitative estimate of drug-likeness (QED) is 0.910. The van der Waals surface area contributed by atoms with Crippen LogP contribution in [0.3, 0.4) is 0 Å². The van der Waals surface area contributed by atoms with Crippen molar-refractivity contribution in [2.24, 2.45) is 0 Å². The van der Waals surface area contributed by atoms with E-state index < -0.39 is 5.82 Å². The Morgan fingerprint density at radius 2 is 2.22 bits per heavy atom. The highest BCUT2D eigenvalue weighted by Crippen LogP contribution is 2.17. The Morgan fingerprint density at radius 3 is 2.83 bits per heavy atom. The fourth-order valence-electron chi connectivity index (χ4n) is 1.48. The molecule has 0 aliphatic rings. The zero-order valence-electron chi connectivity index (χ0n) is 9.67. The van der Waals surface area contributed by atoms with Crippen LogP contribution in [-0.4, -0.2) is 5.91 Å². The third kappa shape index (κ3) is 2.97. The lowest BCUT2D eigenvalue weighted by atomic mass is 10.2. The Balaban J connectivity index is 2.04. The van der Waals surface area contributed by atoms with Gasteiger partial charge in [0, 0.05) is 12.1 Å². The fraction of sp³-hybridized carbons (Fsp3) is 0.154. The first-order chi connectivity index (χ1) is 8.58. The number of carbonyl (C=O) groups is 1. The van der Waals surface area contributed by atoms with E-state index in [4.69, 9.17) is 0 Å². The maximum absolute atomic E-state index is 13.3. The number of halogens is 2. The van der Waals surface area contributed by atoms with Crippen LogP contribution in [0.15, 0.2) is 33.4 Å². The molecule has 2 aromatic rings. The minimum Gasteiger partial charge on any atom is -0.348 e. The van der Waals surface area contributed by atoms with Gasteiger partial charge >= 0.3 is 0 Å². The van der Waals surface area contributed by atoms with Gasteiger partial charge in [0.1, 0.15) is 5.82 Å². The Kier molecular flexibility index (Phi) is 4.14. The van der Waals surface area contributed by atoms with Crippen LogP contribution in [0.2, 0.25) is 0 Å². The summed E-state index contributed by atoms with van der Waals surface area (Å²) in [5.41, 5.74) is 2.57. The third-order valence-electron chi connectivity index (χ3n) is 2.58. The van der Waals surface area contributed by atoms with Crippen molar-refractivity contribution in [2.45, 2.75) is 13.5 Å². The number of benzene rings is 1. The summed E-state index contributed by atoms with van der Waals surface area (Å²) in [6.07, 6.45) is 0. The molecule has 1 aromatic heterocycles. The summed E-state index contributed by atoms with van der Waals surface area (Å²) in [6, 6.07) is 4.34. The highest BCUT2D eigenvalue weighted by molar-refractivity contribution is 9.10. The smallest absolute Gasteiger partial charge is 0.251 e. The van der Waals surface area contributed by atoms with E-state index in [1.807, 2.05) is 17.7 Å². The van der Waals surface area contributed by atoms with Crippen LogP contribution in [0.25, 0.3) is 0 Å². The van der Waals surface area contributed by atoms with E-state index in [0.717, 1.165) is 11.1 Å². The van der Waals surface area contributed by atoms with Gasteiger partial charge in [-0.25, -0.2) is 4.39 Å². The minimum atomic E-state index is -0.436. The average Bonchev–Trinajstić information content (AvgIpc) is 2.75. The molecule has 0 bridgehead atoms. The van der Waals surface area contributed by atoms with Gasteiger partial charge in [-0.2, -0.15) is 11.3 Å². The van der Waals surface area contributed by atoms with E-state index in [1.54, 1.807) is 17.4 Å². The van der Waals surface area contributed by atoms with Crippen molar-refractivity contribution < 1.29 is 9.18 Å². The zero-order valence-corrected chi connectivity index (χ0v) is 12.1. The lowest BCUT2D eigenvalue weighted by molar-refractivity contribution is 0.0950. The van der Waals surface area contributed by atoms with E-state index in [0.29, 0.717) is 16.6 Å². The van der Waals surface area contributed by atoms with Crippen molar-refractivity contribution in [3.63, 3.8) is 0 Å². The summed E-state index contributed by atoms with van der Waals surface area (Å²) in [5.74, 6) is -0.707. The predicted octanol–water partition coefficient (Wildman–Crippen LogP) is 3.89. The van der Waals surface area contributed by atoms with E-state index in [9.17, 15) is 9.18 Å². The van der Waals surface area contributed by atoms with Gasteiger partial charge in [-0.15, -0.1) is 0 Å². The third-order valence-corrected chi connectivity index (χ3v) is 4.14. The first kappa shape index (κ1) is 13.2. The number of amides is 1. The summed E-state index contributed by atoms with van der Waals surface area (Å²) in [4.78, 5) is 11.8. The summed E-state index contributed by atoms with van der Waals surface area (Å²) < 4.78 is 13.6. The van der Waals surface area contributed by atoms with Gasteiger partial charge in [-0.05, 0) is 62.9 Å². The highest BCUT2D eigenvalue weighted by Gasteiger charge is 2.09. The molecule has 0 saturated carbocycles. The number of rotatable bonds is 3. The molecule has 0 radical (unpaired) electrons. The summed E-state index contributed by atoms with van der Waals surface area (Å²) >= 11 is 4.65. The maximum atomic E-state index is 13.3. The molecule has 0 aliphatic carbocycles. The van der Waals surface area contributed by atoms with Gasteiger partial charge in [0.05, 0.1) is 4.47 Å². The molecule has 94 valence electrons. The Labute approximate surface area is 117 Å². The Bertz CT molecular complexity index is 582. The Morgan fingerprint density at radius 1 is 1.44 bits per heavy atom. The van der Waals surface area contributed by atoms with Gasteiger partial charge in [0.25, 0.3) is 5.91 Å². The normalized spacial score (nSPS) is 10.4. The molecule has 1 N–H and O–H groups in total. The second-order valence-corrected chi connectivity index (χ2v) is 5.49. The SMILES string of the molecule is Cc1cscc1CNC(=O)c1ccc(Br)c(F)c1. The molecule has 18 heavy (non-hydrogen) atoms. The van der Waals surface area contributed by atoms with Crippen molar-refractivity contribution in [1.82, 2.24) is 5.32 Å². The molecule has 0 aliphatic heterocycles. The molecule has 2 rings (SSSR count). The van der Waals surface area contributed by atoms with Gasteiger partial charge in [0.15, 0.2) is 0 Å². The molecule has 0 fully saturated rings. The predicted molar refractivity (Wildman–Crippen MR) is 74.3 cm³/mol. The number of aryl methyl sites for hydroxylation is 1. The molecule has 0 atom stereocenters. The molecular formula is C13H11BrFNOS. The monoisotopic (exact) mass is 327 g/mol. The second kappa shape index (κ2) is 5.63. The maximum Gasteiger partial charge on any atom is 0.251 e. The molecule has 1 heterocycles.